The van der Waals surface area contributed by atoms with E-state index in [1.54, 1.807) is 12.3 Å². The quantitative estimate of drug-likeness (QED) is 0.799. The topological polar surface area (TPSA) is 28.7 Å². The van der Waals surface area contributed by atoms with Crippen molar-refractivity contribution >= 4 is 39.7 Å². The summed E-state index contributed by atoms with van der Waals surface area (Å²) in [4.78, 5) is 7.20. The molecule has 1 aromatic heterocycles. The number of halogens is 2. The van der Waals surface area contributed by atoms with Crippen molar-refractivity contribution in [1.29, 1.82) is 0 Å². The van der Waals surface area contributed by atoms with Crippen molar-refractivity contribution in [3.63, 3.8) is 0 Å². The van der Waals surface area contributed by atoms with E-state index in [1.165, 1.54) is 0 Å². The third-order valence-corrected chi connectivity index (χ3v) is 3.32. The molecule has 2 aromatic rings. The van der Waals surface area contributed by atoms with Crippen LogP contribution in [0, 0.1) is 4.64 Å². The molecule has 0 unspecified atom stereocenters. The first-order chi connectivity index (χ1) is 7.16. The van der Waals surface area contributed by atoms with Crippen LogP contribution in [0.15, 0.2) is 34.9 Å². The van der Waals surface area contributed by atoms with Crippen LogP contribution in [-0.2, 0) is 0 Å². The standard InChI is InChI=1S/C10H6BrClN2S/c11-7-5-6(1-2-8(7)12)10-13-4-3-9(15)14-10/h1-5H,(H,13,14,15). The molecule has 0 aliphatic rings. The van der Waals surface area contributed by atoms with Gasteiger partial charge in [-0.3, -0.25) is 0 Å². The van der Waals surface area contributed by atoms with E-state index in [9.17, 15) is 0 Å². The highest BCUT2D eigenvalue weighted by molar-refractivity contribution is 9.10. The van der Waals surface area contributed by atoms with Gasteiger partial charge in [0, 0.05) is 16.2 Å². The molecular weight excluding hydrogens is 296 g/mol. The molecule has 5 heteroatoms. The maximum Gasteiger partial charge on any atom is 0.138 e. The normalized spacial score (nSPS) is 10.3. The number of rotatable bonds is 1. The Kier molecular flexibility index (Phi) is 3.19. The van der Waals surface area contributed by atoms with Gasteiger partial charge in [0.2, 0.25) is 0 Å². The highest BCUT2D eigenvalue weighted by atomic mass is 79.9. The summed E-state index contributed by atoms with van der Waals surface area (Å²) in [6.45, 7) is 0. The third-order valence-electron chi connectivity index (χ3n) is 1.86. The fourth-order valence-electron chi connectivity index (χ4n) is 1.16. The molecule has 2 nitrogen and oxygen atoms in total. The van der Waals surface area contributed by atoms with Gasteiger partial charge in [0.05, 0.1) is 5.02 Å². The molecule has 0 amide bonds. The van der Waals surface area contributed by atoms with Crippen LogP contribution in [0.3, 0.4) is 0 Å². The summed E-state index contributed by atoms with van der Waals surface area (Å²) in [6.07, 6.45) is 1.68. The Morgan fingerprint density at radius 3 is 2.80 bits per heavy atom. The van der Waals surface area contributed by atoms with Crippen LogP contribution in [-0.4, -0.2) is 9.97 Å². The maximum atomic E-state index is 5.90. The zero-order valence-corrected chi connectivity index (χ0v) is 10.7. The van der Waals surface area contributed by atoms with E-state index in [1.807, 2.05) is 18.2 Å². The van der Waals surface area contributed by atoms with Gasteiger partial charge in [-0.1, -0.05) is 23.8 Å². The summed E-state index contributed by atoms with van der Waals surface area (Å²) in [5, 5.41) is 0.674. The van der Waals surface area contributed by atoms with E-state index in [0.717, 1.165) is 15.9 Å². The fraction of sp³-hybridized carbons (Fsp3) is 0. The second-order valence-electron chi connectivity index (χ2n) is 2.91. The van der Waals surface area contributed by atoms with E-state index in [0.29, 0.717) is 9.66 Å². The van der Waals surface area contributed by atoms with Crippen molar-refractivity contribution in [1.82, 2.24) is 9.97 Å². The fourth-order valence-corrected chi connectivity index (χ4v) is 1.81. The predicted octanol–water partition coefficient (Wildman–Crippen LogP) is 4.22. The van der Waals surface area contributed by atoms with Gasteiger partial charge in [0.25, 0.3) is 0 Å². The van der Waals surface area contributed by atoms with Crippen LogP contribution in [0.4, 0.5) is 0 Å². The lowest BCUT2D eigenvalue weighted by molar-refractivity contribution is 1.16. The van der Waals surface area contributed by atoms with Gasteiger partial charge in [-0.25, -0.2) is 4.98 Å². The predicted molar refractivity (Wildman–Crippen MR) is 67.6 cm³/mol. The highest BCUT2D eigenvalue weighted by Crippen LogP contribution is 2.26. The number of H-pyrrole nitrogens is 1. The average molecular weight is 302 g/mol. The number of aromatic nitrogens is 2. The lowest BCUT2D eigenvalue weighted by Crippen LogP contribution is -1.88. The first-order valence-electron chi connectivity index (χ1n) is 4.17. The van der Waals surface area contributed by atoms with Gasteiger partial charge >= 0.3 is 0 Å². The minimum Gasteiger partial charge on any atom is -0.331 e. The summed E-state index contributed by atoms with van der Waals surface area (Å²) in [7, 11) is 0. The molecule has 0 aliphatic carbocycles. The smallest absolute Gasteiger partial charge is 0.138 e. The van der Waals surface area contributed by atoms with Gasteiger partial charge in [0.1, 0.15) is 10.5 Å². The third kappa shape index (κ3) is 2.45. The Bertz CT molecular complexity index is 553. The van der Waals surface area contributed by atoms with Crippen LogP contribution < -0.4 is 0 Å². The molecule has 2 rings (SSSR count). The van der Waals surface area contributed by atoms with Crippen LogP contribution in [0.1, 0.15) is 0 Å². The Labute approximate surface area is 105 Å². The van der Waals surface area contributed by atoms with Crippen molar-refractivity contribution in [2.75, 3.05) is 0 Å². The van der Waals surface area contributed by atoms with Crippen LogP contribution in [0.25, 0.3) is 11.4 Å². The summed E-state index contributed by atoms with van der Waals surface area (Å²) in [6, 6.07) is 7.34. The van der Waals surface area contributed by atoms with Gasteiger partial charge in [0.15, 0.2) is 0 Å². The second-order valence-corrected chi connectivity index (χ2v) is 4.61. The number of nitrogens with zero attached hydrogens (tertiary/aromatic N) is 1. The van der Waals surface area contributed by atoms with Crippen LogP contribution in [0.2, 0.25) is 5.02 Å². The second kappa shape index (κ2) is 4.43. The van der Waals surface area contributed by atoms with Crippen molar-refractivity contribution in [3.05, 3.63) is 44.6 Å². The lowest BCUT2D eigenvalue weighted by atomic mass is 10.2. The Morgan fingerprint density at radius 1 is 1.33 bits per heavy atom. The van der Waals surface area contributed by atoms with Gasteiger partial charge in [-0.05, 0) is 40.2 Å². The molecule has 15 heavy (non-hydrogen) atoms. The molecule has 0 radical (unpaired) electrons. The SMILES string of the molecule is S=c1ccnc(-c2ccc(Cl)c(Br)c2)[nH]1. The molecule has 0 aliphatic heterocycles. The van der Waals surface area contributed by atoms with E-state index < -0.39 is 0 Å². The molecule has 0 saturated heterocycles. The number of hydrogen-bond acceptors (Lipinski definition) is 2. The number of aromatic amines is 1. The van der Waals surface area contributed by atoms with Gasteiger partial charge in [-0.15, -0.1) is 0 Å². The van der Waals surface area contributed by atoms with Crippen molar-refractivity contribution in [3.8, 4) is 11.4 Å². The number of nitrogens with one attached hydrogen (secondary N) is 1. The molecular formula is C10H6BrClN2S. The lowest BCUT2D eigenvalue weighted by Gasteiger charge is -2.02. The van der Waals surface area contributed by atoms with Gasteiger partial charge < -0.3 is 4.98 Å². The molecule has 1 N–H and O–H groups in total. The minimum absolute atomic E-state index is 0.658. The van der Waals surface area contributed by atoms with Crippen molar-refractivity contribution in [2.45, 2.75) is 0 Å². The van der Waals surface area contributed by atoms with Crippen molar-refractivity contribution in [2.24, 2.45) is 0 Å². The number of benzene rings is 1. The van der Waals surface area contributed by atoms with E-state index in [-0.39, 0.29) is 0 Å². The molecule has 76 valence electrons. The Morgan fingerprint density at radius 2 is 2.13 bits per heavy atom. The van der Waals surface area contributed by atoms with E-state index >= 15 is 0 Å². The Hall–Kier alpha value is -0.710. The first kappa shape index (κ1) is 10.8. The van der Waals surface area contributed by atoms with Gasteiger partial charge in [-0.2, -0.15) is 0 Å². The molecule has 0 spiro atoms. The molecule has 0 fully saturated rings. The van der Waals surface area contributed by atoms with E-state index in [2.05, 4.69) is 25.9 Å². The zero-order valence-electron chi connectivity index (χ0n) is 7.50. The minimum atomic E-state index is 0.658. The van der Waals surface area contributed by atoms with Crippen molar-refractivity contribution < 1.29 is 0 Å². The Balaban J connectivity index is 2.55. The average Bonchev–Trinajstić information content (AvgIpc) is 2.22. The largest absolute Gasteiger partial charge is 0.331 e. The van der Waals surface area contributed by atoms with Crippen LogP contribution in [0.5, 0.6) is 0 Å². The molecule has 0 bridgehead atoms. The monoisotopic (exact) mass is 300 g/mol. The molecule has 0 atom stereocenters. The summed E-state index contributed by atoms with van der Waals surface area (Å²) < 4.78 is 1.50. The number of hydrogen-bond donors (Lipinski definition) is 1. The maximum absolute atomic E-state index is 5.90. The summed E-state index contributed by atoms with van der Waals surface area (Å²) in [5.41, 5.74) is 0.943. The summed E-state index contributed by atoms with van der Waals surface area (Å²) >= 11 is 14.3. The highest BCUT2D eigenvalue weighted by Gasteiger charge is 2.02. The van der Waals surface area contributed by atoms with E-state index in [4.69, 9.17) is 23.8 Å². The summed E-state index contributed by atoms with van der Waals surface area (Å²) in [5.74, 6) is 0.736. The molecule has 0 saturated carbocycles. The first-order valence-corrected chi connectivity index (χ1v) is 5.75. The molecule has 1 aromatic carbocycles. The zero-order chi connectivity index (χ0) is 10.8. The van der Waals surface area contributed by atoms with Crippen LogP contribution >= 0.6 is 39.7 Å². The molecule has 1 heterocycles.